The molecule has 6 nitrogen and oxygen atoms in total. The quantitative estimate of drug-likeness (QED) is 0.539. The van der Waals surface area contributed by atoms with Crippen LogP contribution in [0.3, 0.4) is 0 Å². The summed E-state index contributed by atoms with van der Waals surface area (Å²) in [5.41, 5.74) is 4.46. The third-order valence-corrected chi connectivity index (χ3v) is 5.58. The van der Waals surface area contributed by atoms with Crippen LogP contribution >= 0.6 is 11.8 Å². The molecule has 2 heterocycles. The second-order valence-electron chi connectivity index (χ2n) is 6.65. The number of thioether (sulfide) groups is 1. The monoisotopic (exact) mass is 409 g/mol. The zero-order valence-electron chi connectivity index (χ0n) is 17.2. The fourth-order valence-corrected chi connectivity index (χ4v) is 3.96. The van der Waals surface area contributed by atoms with Crippen LogP contribution in [-0.2, 0) is 17.6 Å². The molecule has 2 aromatic heterocycles. The van der Waals surface area contributed by atoms with E-state index in [2.05, 4.69) is 57.1 Å². The highest BCUT2D eigenvalue weighted by Crippen LogP contribution is 2.32. The van der Waals surface area contributed by atoms with Crippen molar-refractivity contribution in [1.29, 1.82) is 0 Å². The van der Waals surface area contributed by atoms with E-state index in [0.717, 1.165) is 36.3 Å². The van der Waals surface area contributed by atoms with Gasteiger partial charge in [-0.25, -0.2) is 0 Å². The third-order valence-electron chi connectivity index (χ3n) is 4.65. The maximum absolute atomic E-state index is 12.1. The van der Waals surface area contributed by atoms with Gasteiger partial charge in [0.1, 0.15) is 0 Å². The summed E-state index contributed by atoms with van der Waals surface area (Å²) in [5.74, 6) is 1.06. The molecule has 1 N–H and O–H groups in total. The summed E-state index contributed by atoms with van der Waals surface area (Å²) in [4.78, 5) is 16.4. The minimum absolute atomic E-state index is 0.00817. The van der Waals surface area contributed by atoms with Crippen molar-refractivity contribution in [2.24, 2.45) is 0 Å². The standard InChI is InChI=1S/C22H27N5OS/c1-4-12-24-19(28)15-29-22-26-25-21(18-11-8-13-23-14-18)27(22)20-16(5-2)9-7-10-17(20)6-3/h7-11,13-14H,4-6,12,15H2,1-3H3,(H,24,28). The number of carbonyl (C=O) groups is 1. The van der Waals surface area contributed by atoms with E-state index in [0.29, 0.717) is 17.5 Å². The Morgan fingerprint density at radius 1 is 1.07 bits per heavy atom. The maximum atomic E-state index is 12.1. The number of rotatable bonds is 9. The van der Waals surface area contributed by atoms with Crippen LogP contribution < -0.4 is 5.32 Å². The molecule has 29 heavy (non-hydrogen) atoms. The van der Waals surface area contributed by atoms with E-state index in [1.165, 1.54) is 22.9 Å². The Bertz CT molecular complexity index is 933. The molecule has 0 aliphatic rings. The lowest BCUT2D eigenvalue weighted by atomic mass is 10.0. The Kier molecular flexibility index (Phi) is 7.41. The van der Waals surface area contributed by atoms with Gasteiger partial charge in [-0.2, -0.15) is 0 Å². The van der Waals surface area contributed by atoms with Crippen LogP contribution in [0, 0.1) is 0 Å². The number of aryl methyl sites for hydroxylation is 2. The van der Waals surface area contributed by atoms with Gasteiger partial charge in [-0.15, -0.1) is 10.2 Å². The molecule has 0 bridgehead atoms. The van der Waals surface area contributed by atoms with Crippen LogP contribution in [0.25, 0.3) is 17.1 Å². The van der Waals surface area contributed by atoms with E-state index in [9.17, 15) is 4.79 Å². The van der Waals surface area contributed by atoms with E-state index >= 15 is 0 Å². The van der Waals surface area contributed by atoms with Crippen LogP contribution in [0.4, 0.5) is 0 Å². The molecular formula is C22H27N5OS. The van der Waals surface area contributed by atoms with Crippen molar-refractivity contribution in [3.05, 3.63) is 53.9 Å². The number of amides is 1. The van der Waals surface area contributed by atoms with Gasteiger partial charge in [-0.05, 0) is 42.5 Å². The molecule has 0 radical (unpaired) electrons. The van der Waals surface area contributed by atoms with Gasteiger partial charge in [0.25, 0.3) is 0 Å². The summed E-state index contributed by atoms with van der Waals surface area (Å²) in [6.07, 6.45) is 6.25. The number of pyridine rings is 1. The fourth-order valence-electron chi connectivity index (χ4n) is 3.19. The molecular weight excluding hydrogens is 382 g/mol. The van der Waals surface area contributed by atoms with Crippen molar-refractivity contribution in [3.8, 4) is 17.1 Å². The Hall–Kier alpha value is -2.67. The van der Waals surface area contributed by atoms with Gasteiger partial charge >= 0.3 is 0 Å². The smallest absolute Gasteiger partial charge is 0.230 e. The summed E-state index contributed by atoms with van der Waals surface area (Å²) in [6, 6.07) is 10.3. The highest BCUT2D eigenvalue weighted by Gasteiger charge is 2.21. The van der Waals surface area contributed by atoms with E-state index < -0.39 is 0 Å². The van der Waals surface area contributed by atoms with Crippen molar-refractivity contribution in [2.75, 3.05) is 12.3 Å². The first-order chi connectivity index (χ1) is 14.2. The van der Waals surface area contributed by atoms with Crippen molar-refractivity contribution < 1.29 is 4.79 Å². The maximum Gasteiger partial charge on any atom is 0.230 e. The predicted molar refractivity (Wildman–Crippen MR) is 117 cm³/mol. The Labute approximate surface area is 176 Å². The minimum atomic E-state index is 0.00817. The molecule has 0 unspecified atom stereocenters. The zero-order valence-corrected chi connectivity index (χ0v) is 18.0. The van der Waals surface area contributed by atoms with Crippen molar-refractivity contribution in [2.45, 2.75) is 45.2 Å². The van der Waals surface area contributed by atoms with Crippen molar-refractivity contribution in [3.63, 3.8) is 0 Å². The molecule has 0 saturated carbocycles. The molecule has 0 aliphatic carbocycles. The van der Waals surface area contributed by atoms with Gasteiger partial charge in [-0.3, -0.25) is 14.3 Å². The fraction of sp³-hybridized carbons (Fsp3) is 0.364. The normalized spacial score (nSPS) is 10.9. The van der Waals surface area contributed by atoms with Gasteiger partial charge in [0.15, 0.2) is 11.0 Å². The van der Waals surface area contributed by atoms with Crippen LogP contribution in [0.15, 0.2) is 47.9 Å². The predicted octanol–water partition coefficient (Wildman–Crippen LogP) is 4.07. The number of benzene rings is 1. The molecule has 0 fully saturated rings. The van der Waals surface area contributed by atoms with Gasteiger partial charge < -0.3 is 5.32 Å². The first-order valence-electron chi connectivity index (χ1n) is 10.1. The summed E-state index contributed by atoms with van der Waals surface area (Å²) in [7, 11) is 0. The van der Waals surface area contributed by atoms with Crippen molar-refractivity contribution in [1.82, 2.24) is 25.1 Å². The number of carbonyl (C=O) groups excluding carboxylic acids is 1. The molecule has 0 saturated heterocycles. The summed E-state index contributed by atoms with van der Waals surface area (Å²) >= 11 is 1.41. The van der Waals surface area contributed by atoms with E-state index in [1.807, 2.05) is 19.1 Å². The van der Waals surface area contributed by atoms with Crippen LogP contribution in [0.5, 0.6) is 0 Å². The van der Waals surface area contributed by atoms with Gasteiger partial charge in [-0.1, -0.05) is 50.7 Å². The Morgan fingerprint density at radius 2 is 1.83 bits per heavy atom. The summed E-state index contributed by atoms with van der Waals surface area (Å²) in [5, 5.41) is 12.5. The van der Waals surface area contributed by atoms with E-state index in [-0.39, 0.29) is 5.91 Å². The highest BCUT2D eigenvalue weighted by molar-refractivity contribution is 7.99. The highest BCUT2D eigenvalue weighted by atomic mass is 32.2. The largest absolute Gasteiger partial charge is 0.355 e. The second kappa shape index (κ2) is 10.2. The summed E-state index contributed by atoms with van der Waals surface area (Å²) in [6.45, 7) is 7.03. The molecule has 3 rings (SSSR count). The Balaban J connectivity index is 2.08. The van der Waals surface area contributed by atoms with E-state index in [1.54, 1.807) is 12.4 Å². The number of hydrogen-bond acceptors (Lipinski definition) is 5. The second-order valence-corrected chi connectivity index (χ2v) is 7.60. The minimum Gasteiger partial charge on any atom is -0.355 e. The number of para-hydroxylation sites is 1. The molecule has 0 atom stereocenters. The molecule has 152 valence electrons. The third kappa shape index (κ3) is 4.85. The molecule has 0 spiro atoms. The SMILES string of the molecule is CCCNC(=O)CSc1nnc(-c2cccnc2)n1-c1c(CC)cccc1CC. The van der Waals surface area contributed by atoms with Gasteiger partial charge in [0.05, 0.1) is 11.4 Å². The van der Waals surface area contributed by atoms with Crippen LogP contribution in [0.2, 0.25) is 0 Å². The molecule has 1 aromatic carbocycles. The number of hydrogen-bond donors (Lipinski definition) is 1. The van der Waals surface area contributed by atoms with Crippen LogP contribution in [0.1, 0.15) is 38.3 Å². The van der Waals surface area contributed by atoms with Crippen molar-refractivity contribution >= 4 is 17.7 Å². The molecule has 0 aliphatic heterocycles. The molecule has 1 amide bonds. The molecule has 7 heteroatoms. The zero-order chi connectivity index (χ0) is 20.6. The topological polar surface area (TPSA) is 72.7 Å². The lowest BCUT2D eigenvalue weighted by Gasteiger charge is -2.17. The van der Waals surface area contributed by atoms with Gasteiger partial charge in [0.2, 0.25) is 5.91 Å². The average Bonchev–Trinajstić information content (AvgIpc) is 3.19. The average molecular weight is 410 g/mol. The Morgan fingerprint density at radius 3 is 2.45 bits per heavy atom. The first-order valence-corrected chi connectivity index (χ1v) is 11.0. The number of nitrogens with zero attached hydrogens (tertiary/aromatic N) is 4. The van der Waals surface area contributed by atoms with Crippen LogP contribution in [-0.4, -0.2) is 38.0 Å². The summed E-state index contributed by atoms with van der Waals surface area (Å²) < 4.78 is 2.09. The van der Waals surface area contributed by atoms with Gasteiger partial charge in [0, 0.05) is 24.5 Å². The number of aromatic nitrogens is 4. The lowest BCUT2D eigenvalue weighted by Crippen LogP contribution is -2.25. The number of nitrogens with one attached hydrogen (secondary N) is 1. The lowest BCUT2D eigenvalue weighted by molar-refractivity contribution is -0.118. The first kappa shape index (κ1) is 21.0. The molecule has 3 aromatic rings. The van der Waals surface area contributed by atoms with E-state index in [4.69, 9.17) is 0 Å².